The molecule has 4 nitrogen and oxygen atoms in total. The van der Waals surface area contributed by atoms with E-state index < -0.39 is 11.4 Å². The Morgan fingerprint density at radius 2 is 2.20 bits per heavy atom. The molecule has 0 aromatic carbocycles. The van der Waals surface area contributed by atoms with Gasteiger partial charge in [-0.25, -0.2) is 0 Å². The molecule has 4 heteroatoms. The summed E-state index contributed by atoms with van der Waals surface area (Å²) in [4.78, 5) is 10.2. The van der Waals surface area contributed by atoms with E-state index in [1.165, 1.54) is 0 Å². The SMILES string of the molecule is CC(C)(CO)NCC(N)=O. The number of carbonyl (C=O) groups is 1. The van der Waals surface area contributed by atoms with Crippen molar-refractivity contribution in [3.05, 3.63) is 0 Å². The molecular weight excluding hydrogens is 132 g/mol. The summed E-state index contributed by atoms with van der Waals surface area (Å²) in [6, 6.07) is 0. The molecule has 0 aliphatic heterocycles. The van der Waals surface area contributed by atoms with Gasteiger partial charge in [0.25, 0.3) is 0 Å². The molecule has 10 heavy (non-hydrogen) atoms. The smallest absolute Gasteiger partial charge is 0.231 e. The third kappa shape index (κ3) is 4.29. The number of hydrogen-bond donors (Lipinski definition) is 3. The highest BCUT2D eigenvalue weighted by atomic mass is 16.3. The Kier molecular flexibility index (Phi) is 3.32. The van der Waals surface area contributed by atoms with Gasteiger partial charge < -0.3 is 16.2 Å². The van der Waals surface area contributed by atoms with Crippen LogP contribution in [0.15, 0.2) is 0 Å². The highest BCUT2D eigenvalue weighted by Gasteiger charge is 2.15. The van der Waals surface area contributed by atoms with Crippen molar-refractivity contribution in [1.82, 2.24) is 5.32 Å². The topological polar surface area (TPSA) is 75.3 Å². The fraction of sp³-hybridized carbons (Fsp3) is 0.833. The van der Waals surface area contributed by atoms with E-state index in [1.54, 1.807) is 13.8 Å². The lowest BCUT2D eigenvalue weighted by Gasteiger charge is -2.22. The van der Waals surface area contributed by atoms with E-state index in [0.717, 1.165) is 0 Å². The van der Waals surface area contributed by atoms with Crippen molar-refractivity contribution >= 4 is 5.91 Å². The zero-order chi connectivity index (χ0) is 8.20. The fourth-order valence-corrected chi connectivity index (χ4v) is 0.382. The van der Waals surface area contributed by atoms with E-state index in [1.807, 2.05) is 0 Å². The first-order valence-electron chi connectivity index (χ1n) is 3.12. The second kappa shape index (κ2) is 3.53. The van der Waals surface area contributed by atoms with Crippen LogP contribution in [0, 0.1) is 0 Å². The summed E-state index contributed by atoms with van der Waals surface area (Å²) in [7, 11) is 0. The molecule has 0 unspecified atom stereocenters. The van der Waals surface area contributed by atoms with Crippen LogP contribution in [0.2, 0.25) is 0 Å². The van der Waals surface area contributed by atoms with E-state index in [4.69, 9.17) is 10.8 Å². The lowest BCUT2D eigenvalue weighted by Crippen LogP contribution is -2.46. The van der Waals surface area contributed by atoms with Crippen LogP contribution < -0.4 is 11.1 Å². The molecule has 0 spiro atoms. The van der Waals surface area contributed by atoms with Crippen LogP contribution in [0.3, 0.4) is 0 Å². The number of carbonyl (C=O) groups excluding carboxylic acids is 1. The van der Waals surface area contributed by atoms with E-state index in [0.29, 0.717) is 0 Å². The van der Waals surface area contributed by atoms with Crippen LogP contribution in [0.5, 0.6) is 0 Å². The second-order valence-corrected chi connectivity index (χ2v) is 2.86. The normalized spacial score (nSPS) is 11.5. The molecule has 0 aliphatic rings. The summed E-state index contributed by atoms with van der Waals surface area (Å²) >= 11 is 0. The predicted octanol–water partition coefficient (Wildman–Crippen LogP) is -1.17. The van der Waals surface area contributed by atoms with Gasteiger partial charge in [-0.1, -0.05) is 0 Å². The first kappa shape index (κ1) is 9.39. The summed E-state index contributed by atoms with van der Waals surface area (Å²) < 4.78 is 0. The third-order valence-electron chi connectivity index (χ3n) is 1.14. The van der Waals surface area contributed by atoms with Crippen molar-refractivity contribution in [3.8, 4) is 0 Å². The summed E-state index contributed by atoms with van der Waals surface area (Å²) in [5.41, 5.74) is 4.45. The first-order chi connectivity index (χ1) is 4.48. The van der Waals surface area contributed by atoms with Crippen LogP contribution in [0.1, 0.15) is 13.8 Å². The number of aliphatic hydroxyl groups is 1. The minimum atomic E-state index is -0.422. The quantitative estimate of drug-likeness (QED) is 0.468. The van der Waals surface area contributed by atoms with Crippen molar-refractivity contribution in [2.24, 2.45) is 5.73 Å². The maximum absolute atomic E-state index is 10.2. The van der Waals surface area contributed by atoms with E-state index in [-0.39, 0.29) is 13.2 Å². The Morgan fingerprint density at radius 3 is 2.50 bits per heavy atom. The lowest BCUT2D eigenvalue weighted by atomic mass is 10.1. The van der Waals surface area contributed by atoms with Crippen molar-refractivity contribution in [2.75, 3.05) is 13.2 Å². The number of amides is 1. The Bertz CT molecular complexity index is 123. The largest absolute Gasteiger partial charge is 0.394 e. The molecule has 0 radical (unpaired) electrons. The minimum absolute atomic E-state index is 0.0136. The molecule has 0 aromatic rings. The van der Waals surface area contributed by atoms with Gasteiger partial charge in [0.05, 0.1) is 13.2 Å². The van der Waals surface area contributed by atoms with Gasteiger partial charge in [0, 0.05) is 5.54 Å². The molecular formula is C6H14N2O2. The third-order valence-corrected chi connectivity index (χ3v) is 1.14. The van der Waals surface area contributed by atoms with Crippen LogP contribution in [0.4, 0.5) is 0 Å². The number of hydrogen-bond acceptors (Lipinski definition) is 3. The fourth-order valence-electron chi connectivity index (χ4n) is 0.382. The average Bonchev–Trinajstić information content (AvgIpc) is 1.85. The molecule has 0 aliphatic carbocycles. The maximum Gasteiger partial charge on any atom is 0.231 e. The van der Waals surface area contributed by atoms with Gasteiger partial charge in [-0.15, -0.1) is 0 Å². The molecule has 0 saturated carbocycles. The standard InChI is InChI=1S/C6H14N2O2/c1-6(2,4-9)8-3-5(7)10/h8-9H,3-4H2,1-2H3,(H2,7,10). The van der Waals surface area contributed by atoms with Gasteiger partial charge >= 0.3 is 0 Å². The number of nitrogens with one attached hydrogen (secondary N) is 1. The minimum Gasteiger partial charge on any atom is -0.394 e. The van der Waals surface area contributed by atoms with Crippen molar-refractivity contribution < 1.29 is 9.90 Å². The second-order valence-electron chi connectivity index (χ2n) is 2.86. The number of nitrogens with two attached hydrogens (primary N) is 1. The highest BCUT2D eigenvalue weighted by Crippen LogP contribution is 1.97. The average molecular weight is 146 g/mol. The molecule has 4 N–H and O–H groups in total. The van der Waals surface area contributed by atoms with Crippen LogP contribution in [-0.4, -0.2) is 29.7 Å². The van der Waals surface area contributed by atoms with Crippen molar-refractivity contribution in [1.29, 1.82) is 0 Å². The molecule has 0 fully saturated rings. The van der Waals surface area contributed by atoms with Crippen LogP contribution in [-0.2, 0) is 4.79 Å². The molecule has 60 valence electrons. The molecule has 1 amide bonds. The molecule has 0 saturated heterocycles. The van der Waals surface area contributed by atoms with Gasteiger partial charge in [-0.05, 0) is 13.8 Å². The zero-order valence-corrected chi connectivity index (χ0v) is 6.35. The van der Waals surface area contributed by atoms with Gasteiger partial charge in [-0.3, -0.25) is 4.79 Å². The van der Waals surface area contributed by atoms with Gasteiger partial charge in [-0.2, -0.15) is 0 Å². The summed E-state index contributed by atoms with van der Waals surface area (Å²) in [5, 5.41) is 11.5. The Labute approximate surface area is 60.4 Å². The van der Waals surface area contributed by atoms with Crippen molar-refractivity contribution in [2.45, 2.75) is 19.4 Å². The Balaban J connectivity index is 3.56. The predicted molar refractivity (Wildman–Crippen MR) is 38.4 cm³/mol. The van der Waals surface area contributed by atoms with Gasteiger partial charge in [0.15, 0.2) is 0 Å². The molecule has 0 rings (SSSR count). The Morgan fingerprint density at radius 1 is 1.70 bits per heavy atom. The van der Waals surface area contributed by atoms with Crippen LogP contribution >= 0.6 is 0 Å². The van der Waals surface area contributed by atoms with E-state index in [2.05, 4.69) is 5.32 Å². The van der Waals surface area contributed by atoms with Gasteiger partial charge in [0.2, 0.25) is 5.91 Å². The number of rotatable bonds is 4. The number of aliphatic hydroxyl groups excluding tert-OH is 1. The summed E-state index contributed by atoms with van der Waals surface area (Å²) in [5.74, 6) is -0.415. The zero-order valence-electron chi connectivity index (χ0n) is 6.35. The highest BCUT2D eigenvalue weighted by molar-refractivity contribution is 5.75. The number of primary amides is 1. The lowest BCUT2D eigenvalue weighted by molar-refractivity contribution is -0.117. The van der Waals surface area contributed by atoms with Gasteiger partial charge in [0.1, 0.15) is 0 Å². The molecule has 0 heterocycles. The summed E-state index contributed by atoms with van der Waals surface area (Å²) in [6.45, 7) is 3.67. The first-order valence-corrected chi connectivity index (χ1v) is 3.12. The molecule has 0 atom stereocenters. The van der Waals surface area contributed by atoms with E-state index >= 15 is 0 Å². The molecule has 0 bridgehead atoms. The maximum atomic E-state index is 10.2. The van der Waals surface area contributed by atoms with E-state index in [9.17, 15) is 4.79 Å². The van der Waals surface area contributed by atoms with Crippen molar-refractivity contribution in [3.63, 3.8) is 0 Å². The monoisotopic (exact) mass is 146 g/mol. The Hall–Kier alpha value is -0.610. The summed E-state index contributed by atoms with van der Waals surface area (Å²) in [6.07, 6.45) is 0. The van der Waals surface area contributed by atoms with Crippen LogP contribution in [0.25, 0.3) is 0 Å². The molecule has 0 aromatic heterocycles.